The number of halogens is 3. The largest absolute Gasteiger partial charge is 0.352 e. The van der Waals surface area contributed by atoms with Gasteiger partial charge in [-0.25, -0.2) is 12.8 Å². The molecule has 0 radical (unpaired) electrons. The molecule has 0 spiro atoms. The third-order valence-electron chi connectivity index (χ3n) is 7.83. The number of hydrogen-bond acceptors (Lipinski definition) is 4. The van der Waals surface area contributed by atoms with Crippen LogP contribution < -0.4 is 9.62 Å². The lowest BCUT2D eigenvalue weighted by Gasteiger charge is -2.34. The van der Waals surface area contributed by atoms with E-state index in [-0.39, 0.29) is 43.8 Å². The van der Waals surface area contributed by atoms with Crippen molar-refractivity contribution in [1.82, 2.24) is 10.2 Å². The van der Waals surface area contributed by atoms with Crippen LogP contribution in [0.25, 0.3) is 0 Å². The topological polar surface area (TPSA) is 86.8 Å². The maximum atomic E-state index is 14.0. The maximum absolute atomic E-state index is 14.0. The average Bonchev–Trinajstić information content (AvgIpc) is 3.00. The molecular formula is C33H38Cl2FN3O4S. The summed E-state index contributed by atoms with van der Waals surface area (Å²) in [6.45, 7) is 0.119. The van der Waals surface area contributed by atoms with Crippen LogP contribution in [-0.4, -0.2) is 50.0 Å². The minimum atomic E-state index is -3.70. The van der Waals surface area contributed by atoms with Crippen molar-refractivity contribution < 1.29 is 22.4 Å². The summed E-state index contributed by atoms with van der Waals surface area (Å²) in [7, 11) is -3.70. The summed E-state index contributed by atoms with van der Waals surface area (Å²) in [4.78, 5) is 29.5. The first-order valence-electron chi connectivity index (χ1n) is 14.8. The van der Waals surface area contributed by atoms with Gasteiger partial charge in [-0.05, 0) is 66.8 Å². The van der Waals surface area contributed by atoms with Gasteiger partial charge in [-0.15, -0.1) is 0 Å². The van der Waals surface area contributed by atoms with Crippen molar-refractivity contribution in [2.75, 3.05) is 17.1 Å². The van der Waals surface area contributed by atoms with Gasteiger partial charge in [0.15, 0.2) is 0 Å². The lowest BCUT2D eigenvalue weighted by atomic mass is 9.94. The molecule has 0 bridgehead atoms. The molecule has 7 nitrogen and oxygen atoms in total. The van der Waals surface area contributed by atoms with E-state index < -0.39 is 21.9 Å². The quantitative estimate of drug-likeness (QED) is 0.219. The Morgan fingerprint density at radius 2 is 1.61 bits per heavy atom. The molecule has 4 rings (SSSR count). The van der Waals surface area contributed by atoms with Crippen molar-refractivity contribution in [3.63, 3.8) is 0 Å². The van der Waals surface area contributed by atoms with E-state index >= 15 is 0 Å². The van der Waals surface area contributed by atoms with Crippen molar-refractivity contribution in [3.05, 3.63) is 99.8 Å². The first kappa shape index (κ1) is 33.7. The van der Waals surface area contributed by atoms with Crippen molar-refractivity contribution in [1.29, 1.82) is 0 Å². The number of rotatable bonds is 13. The van der Waals surface area contributed by atoms with E-state index in [4.69, 9.17) is 23.2 Å². The minimum absolute atomic E-state index is 0.00837. The SMILES string of the molecule is CS(=O)(=O)N(CCCC(=O)N(Cc1ccc(Cl)c(Cl)c1)C(Cc1ccccc1)C(=O)NC1CCCCC1)c1ccc(F)cc1. The Hall–Kier alpha value is -3.14. The molecule has 3 aromatic carbocycles. The average molecular weight is 663 g/mol. The van der Waals surface area contributed by atoms with Crippen LogP contribution in [0, 0.1) is 5.82 Å². The van der Waals surface area contributed by atoms with Crippen LogP contribution in [0.4, 0.5) is 10.1 Å². The van der Waals surface area contributed by atoms with Gasteiger partial charge in [0.1, 0.15) is 11.9 Å². The molecule has 11 heteroatoms. The lowest BCUT2D eigenvalue weighted by molar-refractivity contribution is -0.141. The van der Waals surface area contributed by atoms with Crippen LogP contribution in [0.5, 0.6) is 0 Å². The standard InChI is InChI=1S/C33H38Cl2FN3O4S/c1-44(42,43)39(28-17-15-26(36)16-18-28)20-8-13-32(40)38(23-25-14-19-29(34)30(35)21-25)31(22-24-9-4-2-5-10-24)33(41)37-27-11-6-3-7-12-27/h2,4-5,9-10,14-19,21,27,31H,3,6-8,11-13,20,22-23H2,1H3,(H,37,41). The Balaban J connectivity index is 1.60. The third-order valence-corrected chi connectivity index (χ3v) is 9.76. The molecule has 1 fully saturated rings. The highest BCUT2D eigenvalue weighted by Crippen LogP contribution is 2.26. The lowest BCUT2D eigenvalue weighted by Crippen LogP contribution is -2.52. The molecule has 2 amide bonds. The number of amides is 2. The third kappa shape index (κ3) is 9.68. The Morgan fingerprint density at radius 1 is 0.932 bits per heavy atom. The summed E-state index contributed by atoms with van der Waals surface area (Å²) in [6, 6.07) is 19.0. The second kappa shape index (κ2) is 15.7. The second-order valence-corrected chi connectivity index (χ2v) is 14.0. The van der Waals surface area contributed by atoms with Crippen LogP contribution >= 0.6 is 23.2 Å². The van der Waals surface area contributed by atoms with Gasteiger partial charge >= 0.3 is 0 Å². The molecule has 0 aromatic heterocycles. The smallest absolute Gasteiger partial charge is 0.243 e. The van der Waals surface area contributed by atoms with E-state index in [0.717, 1.165) is 48.2 Å². The highest BCUT2D eigenvalue weighted by molar-refractivity contribution is 7.92. The van der Waals surface area contributed by atoms with E-state index in [1.54, 1.807) is 23.1 Å². The minimum Gasteiger partial charge on any atom is -0.352 e. The summed E-state index contributed by atoms with van der Waals surface area (Å²) in [5.41, 5.74) is 1.92. The first-order chi connectivity index (χ1) is 21.0. The fourth-order valence-corrected chi connectivity index (χ4v) is 6.83. The van der Waals surface area contributed by atoms with Crippen molar-refractivity contribution >= 4 is 50.7 Å². The maximum Gasteiger partial charge on any atom is 0.243 e. The molecule has 1 unspecified atom stereocenters. The number of carbonyl (C=O) groups is 2. The van der Waals surface area contributed by atoms with E-state index in [1.165, 1.54) is 24.3 Å². The summed E-state index contributed by atoms with van der Waals surface area (Å²) in [5.74, 6) is -1.01. The van der Waals surface area contributed by atoms with Crippen molar-refractivity contribution in [2.45, 2.75) is 70.0 Å². The number of anilines is 1. The molecule has 236 valence electrons. The summed E-state index contributed by atoms with van der Waals surface area (Å²) in [5, 5.41) is 3.92. The van der Waals surface area contributed by atoms with E-state index in [9.17, 15) is 22.4 Å². The molecular weight excluding hydrogens is 624 g/mol. The van der Waals surface area contributed by atoms with Crippen molar-refractivity contribution in [3.8, 4) is 0 Å². The number of nitrogens with zero attached hydrogens (tertiary/aromatic N) is 2. The van der Waals surface area contributed by atoms with Crippen LogP contribution in [0.2, 0.25) is 10.0 Å². The molecule has 44 heavy (non-hydrogen) atoms. The fourth-order valence-electron chi connectivity index (χ4n) is 5.54. The molecule has 1 N–H and O–H groups in total. The zero-order valence-corrected chi connectivity index (χ0v) is 27.1. The number of sulfonamides is 1. The number of benzene rings is 3. The van der Waals surface area contributed by atoms with Gasteiger partial charge in [0.25, 0.3) is 0 Å². The van der Waals surface area contributed by atoms with E-state index in [0.29, 0.717) is 27.7 Å². The summed E-state index contributed by atoms with van der Waals surface area (Å²) >= 11 is 12.5. The molecule has 0 saturated heterocycles. The van der Waals surface area contributed by atoms with Gasteiger partial charge in [0, 0.05) is 32.0 Å². The summed E-state index contributed by atoms with van der Waals surface area (Å²) < 4.78 is 39.8. The number of carbonyl (C=O) groups excluding carboxylic acids is 2. The number of nitrogens with one attached hydrogen (secondary N) is 1. The molecule has 0 aliphatic heterocycles. The highest BCUT2D eigenvalue weighted by atomic mass is 35.5. The zero-order valence-electron chi connectivity index (χ0n) is 24.7. The van der Waals surface area contributed by atoms with Gasteiger partial charge in [-0.2, -0.15) is 0 Å². The van der Waals surface area contributed by atoms with Gasteiger partial charge in [0.05, 0.1) is 22.0 Å². The molecule has 3 aromatic rings. The number of hydrogen-bond donors (Lipinski definition) is 1. The Morgan fingerprint density at radius 3 is 2.25 bits per heavy atom. The van der Waals surface area contributed by atoms with Gasteiger partial charge < -0.3 is 10.2 Å². The predicted molar refractivity (Wildman–Crippen MR) is 174 cm³/mol. The van der Waals surface area contributed by atoms with Gasteiger partial charge in [0.2, 0.25) is 21.8 Å². The normalized spacial score (nSPS) is 14.5. The molecule has 1 aliphatic rings. The monoisotopic (exact) mass is 661 g/mol. The van der Waals surface area contributed by atoms with Crippen molar-refractivity contribution in [2.24, 2.45) is 0 Å². The predicted octanol–water partition coefficient (Wildman–Crippen LogP) is 6.77. The molecule has 1 aliphatic carbocycles. The van der Waals surface area contributed by atoms with Crippen LogP contribution in [0.1, 0.15) is 56.1 Å². The van der Waals surface area contributed by atoms with Gasteiger partial charge in [-0.3, -0.25) is 13.9 Å². The summed E-state index contributed by atoms with van der Waals surface area (Å²) in [6.07, 6.45) is 6.57. The zero-order chi connectivity index (χ0) is 31.7. The van der Waals surface area contributed by atoms with Crippen LogP contribution in [0.3, 0.4) is 0 Å². The Bertz CT molecular complexity index is 1520. The fraction of sp³-hybridized carbons (Fsp3) is 0.394. The van der Waals surface area contributed by atoms with Crippen LogP contribution in [-0.2, 0) is 32.6 Å². The molecule has 1 atom stereocenters. The molecule has 1 saturated carbocycles. The first-order valence-corrected chi connectivity index (χ1v) is 17.4. The second-order valence-electron chi connectivity index (χ2n) is 11.2. The van der Waals surface area contributed by atoms with Gasteiger partial charge in [-0.1, -0.05) is 78.9 Å². The van der Waals surface area contributed by atoms with E-state index in [2.05, 4.69) is 5.32 Å². The Kier molecular flexibility index (Phi) is 12.1. The molecule has 0 heterocycles. The highest BCUT2D eigenvalue weighted by Gasteiger charge is 2.32. The van der Waals surface area contributed by atoms with E-state index in [1.807, 2.05) is 30.3 Å². The Labute approximate surface area is 269 Å². The van der Waals surface area contributed by atoms with Crippen LogP contribution in [0.15, 0.2) is 72.8 Å².